The van der Waals surface area contributed by atoms with Crippen molar-refractivity contribution in [2.45, 2.75) is 6.42 Å². The molecule has 3 aromatic rings. The zero-order valence-electron chi connectivity index (χ0n) is 12.0. The molecule has 3 rings (SSSR count). The molecule has 3 N–H and O–H groups in total. The number of allylic oxidation sites excluding steroid dienone is 1. The molecule has 2 aromatic carbocycles. The molecule has 0 unspecified atom stereocenters. The summed E-state index contributed by atoms with van der Waals surface area (Å²) in [6.45, 7) is 3.68. The van der Waals surface area contributed by atoms with E-state index in [0.717, 1.165) is 16.6 Å². The number of aromatic nitrogens is 2. The second-order valence-corrected chi connectivity index (χ2v) is 4.82. The van der Waals surface area contributed by atoms with E-state index in [2.05, 4.69) is 27.1 Å². The predicted molar refractivity (Wildman–Crippen MR) is 89.3 cm³/mol. The minimum absolute atomic E-state index is 0.220. The van der Waals surface area contributed by atoms with Crippen molar-refractivity contribution in [1.29, 1.82) is 0 Å². The Hall–Kier alpha value is -3.08. The number of aromatic hydroxyl groups is 1. The summed E-state index contributed by atoms with van der Waals surface area (Å²) in [6, 6.07) is 13.3. The molecule has 22 heavy (non-hydrogen) atoms. The summed E-state index contributed by atoms with van der Waals surface area (Å²) in [5, 5.41) is 14.3. The Balaban J connectivity index is 1.77. The van der Waals surface area contributed by atoms with Crippen LogP contribution in [-0.4, -0.2) is 21.3 Å². The summed E-state index contributed by atoms with van der Waals surface area (Å²) in [4.78, 5) is 7.47. The van der Waals surface area contributed by atoms with Gasteiger partial charge >= 0.3 is 0 Å². The van der Waals surface area contributed by atoms with E-state index < -0.39 is 0 Å². The molecule has 0 saturated carbocycles. The molecule has 0 bridgehead atoms. The highest BCUT2D eigenvalue weighted by atomic mass is 16.3. The monoisotopic (exact) mass is 292 g/mol. The van der Waals surface area contributed by atoms with Crippen LogP contribution < -0.4 is 5.43 Å². The van der Waals surface area contributed by atoms with E-state index in [4.69, 9.17) is 0 Å². The quantitative estimate of drug-likeness (QED) is 0.383. The lowest BCUT2D eigenvalue weighted by Crippen LogP contribution is -1.94. The van der Waals surface area contributed by atoms with Crippen LogP contribution in [0.3, 0.4) is 0 Å². The highest BCUT2D eigenvalue weighted by molar-refractivity contribution is 5.84. The molecule has 0 atom stereocenters. The van der Waals surface area contributed by atoms with Crippen molar-refractivity contribution >= 4 is 23.2 Å². The summed E-state index contributed by atoms with van der Waals surface area (Å²) in [5.74, 6) is 0.775. The highest BCUT2D eigenvalue weighted by Gasteiger charge is 2.04. The van der Waals surface area contributed by atoms with Crippen LogP contribution in [0, 0.1) is 0 Å². The van der Waals surface area contributed by atoms with Crippen LogP contribution in [0.25, 0.3) is 11.0 Å². The Bertz CT molecular complexity index is 803. The largest absolute Gasteiger partial charge is 0.507 e. The summed E-state index contributed by atoms with van der Waals surface area (Å²) in [7, 11) is 0. The number of para-hydroxylation sites is 3. The minimum atomic E-state index is 0.220. The van der Waals surface area contributed by atoms with Gasteiger partial charge in [-0.2, -0.15) is 5.10 Å². The lowest BCUT2D eigenvalue weighted by Gasteiger charge is -2.04. The Morgan fingerprint density at radius 1 is 1.23 bits per heavy atom. The van der Waals surface area contributed by atoms with E-state index >= 15 is 0 Å². The number of H-pyrrole nitrogens is 1. The number of anilines is 1. The molecule has 0 aliphatic carbocycles. The maximum Gasteiger partial charge on any atom is 0.222 e. The van der Waals surface area contributed by atoms with Gasteiger partial charge in [0, 0.05) is 5.56 Å². The molecular formula is C17H16N4O. The van der Waals surface area contributed by atoms with E-state index in [9.17, 15) is 5.11 Å². The van der Waals surface area contributed by atoms with Crippen molar-refractivity contribution in [1.82, 2.24) is 9.97 Å². The van der Waals surface area contributed by atoms with Gasteiger partial charge in [0.2, 0.25) is 5.95 Å². The fourth-order valence-corrected chi connectivity index (χ4v) is 2.20. The van der Waals surface area contributed by atoms with Crippen LogP contribution in [0.15, 0.2) is 60.2 Å². The topological polar surface area (TPSA) is 73.3 Å². The van der Waals surface area contributed by atoms with Gasteiger partial charge in [0.1, 0.15) is 5.75 Å². The standard InChI is InChI=1S/C17H16N4O/c1-2-6-12-7-5-8-13(16(12)22)11-18-21-17-19-14-9-3-4-10-15(14)20-17/h2-5,7-11,22H,1,6H2,(H2,19,20,21)/b18-11-. The molecule has 0 aliphatic rings. The van der Waals surface area contributed by atoms with E-state index in [1.54, 1.807) is 18.4 Å². The number of benzene rings is 2. The van der Waals surface area contributed by atoms with Crippen LogP contribution >= 0.6 is 0 Å². The van der Waals surface area contributed by atoms with Crippen LogP contribution in [0.1, 0.15) is 11.1 Å². The first-order valence-corrected chi connectivity index (χ1v) is 6.93. The third-order valence-electron chi connectivity index (χ3n) is 3.28. The highest BCUT2D eigenvalue weighted by Crippen LogP contribution is 2.21. The fraction of sp³-hybridized carbons (Fsp3) is 0.0588. The summed E-state index contributed by atoms with van der Waals surface area (Å²) < 4.78 is 0. The zero-order valence-corrected chi connectivity index (χ0v) is 12.0. The molecule has 5 nitrogen and oxygen atoms in total. The average Bonchev–Trinajstić information content (AvgIpc) is 2.94. The number of imidazole rings is 1. The smallest absolute Gasteiger partial charge is 0.222 e. The molecule has 0 amide bonds. The maximum atomic E-state index is 10.1. The third-order valence-corrected chi connectivity index (χ3v) is 3.28. The summed E-state index contributed by atoms with van der Waals surface area (Å²) in [5.41, 5.74) is 6.11. The van der Waals surface area contributed by atoms with E-state index in [1.807, 2.05) is 36.4 Å². The average molecular weight is 292 g/mol. The van der Waals surface area contributed by atoms with Crippen molar-refractivity contribution in [3.8, 4) is 5.75 Å². The van der Waals surface area contributed by atoms with Gasteiger partial charge in [-0.25, -0.2) is 10.4 Å². The van der Waals surface area contributed by atoms with Crippen molar-refractivity contribution < 1.29 is 5.11 Å². The van der Waals surface area contributed by atoms with Gasteiger partial charge in [-0.1, -0.05) is 30.3 Å². The lowest BCUT2D eigenvalue weighted by molar-refractivity contribution is 0.469. The second-order valence-electron chi connectivity index (χ2n) is 4.82. The number of nitrogens with one attached hydrogen (secondary N) is 2. The first-order valence-electron chi connectivity index (χ1n) is 6.93. The molecule has 0 fully saturated rings. The minimum Gasteiger partial charge on any atom is -0.507 e. The van der Waals surface area contributed by atoms with E-state index in [-0.39, 0.29) is 5.75 Å². The molecule has 1 aromatic heterocycles. The van der Waals surface area contributed by atoms with Crippen LogP contribution in [0.5, 0.6) is 5.75 Å². The zero-order chi connectivity index (χ0) is 15.4. The number of rotatable bonds is 5. The van der Waals surface area contributed by atoms with Gasteiger partial charge in [-0.15, -0.1) is 6.58 Å². The molecule has 110 valence electrons. The van der Waals surface area contributed by atoms with Gasteiger partial charge in [-0.05, 0) is 30.2 Å². The second kappa shape index (κ2) is 6.13. The number of hydrogen-bond donors (Lipinski definition) is 3. The fourth-order valence-electron chi connectivity index (χ4n) is 2.20. The van der Waals surface area contributed by atoms with E-state index in [0.29, 0.717) is 17.9 Å². The Labute approximate surface area is 128 Å². The van der Waals surface area contributed by atoms with Gasteiger partial charge in [0.05, 0.1) is 17.2 Å². The molecule has 0 spiro atoms. The molecule has 1 heterocycles. The number of aromatic amines is 1. The Morgan fingerprint density at radius 3 is 2.91 bits per heavy atom. The first-order chi connectivity index (χ1) is 10.8. The summed E-state index contributed by atoms with van der Waals surface area (Å²) in [6.07, 6.45) is 3.93. The number of fused-ring (bicyclic) bond motifs is 1. The number of phenolic OH excluding ortho intramolecular Hbond substituents is 1. The van der Waals surface area contributed by atoms with Crippen LogP contribution in [-0.2, 0) is 6.42 Å². The van der Waals surface area contributed by atoms with E-state index in [1.165, 1.54) is 0 Å². The normalized spacial score (nSPS) is 11.1. The van der Waals surface area contributed by atoms with Gasteiger partial charge in [0.25, 0.3) is 0 Å². The summed E-state index contributed by atoms with van der Waals surface area (Å²) >= 11 is 0. The van der Waals surface area contributed by atoms with Gasteiger partial charge < -0.3 is 10.1 Å². The predicted octanol–water partition coefficient (Wildman–Crippen LogP) is 3.44. The first kappa shape index (κ1) is 13.9. The van der Waals surface area contributed by atoms with Crippen LogP contribution in [0.2, 0.25) is 0 Å². The number of hydrogen-bond acceptors (Lipinski definition) is 4. The van der Waals surface area contributed by atoms with Crippen molar-refractivity contribution in [3.05, 3.63) is 66.2 Å². The molecule has 0 radical (unpaired) electrons. The van der Waals surface area contributed by atoms with Gasteiger partial charge in [0.15, 0.2) is 0 Å². The molecule has 0 saturated heterocycles. The number of hydrazone groups is 1. The molecule has 5 heteroatoms. The molecular weight excluding hydrogens is 276 g/mol. The maximum absolute atomic E-state index is 10.1. The van der Waals surface area contributed by atoms with Crippen molar-refractivity contribution in [2.24, 2.45) is 5.10 Å². The van der Waals surface area contributed by atoms with Crippen molar-refractivity contribution in [3.63, 3.8) is 0 Å². The van der Waals surface area contributed by atoms with Crippen LogP contribution in [0.4, 0.5) is 5.95 Å². The molecule has 0 aliphatic heterocycles. The Morgan fingerprint density at radius 2 is 2.09 bits per heavy atom. The SMILES string of the molecule is C=CCc1cccc(/C=N\Nc2nc3ccccc3[nH]2)c1O. The number of phenols is 1. The van der Waals surface area contributed by atoms with Crippen molar-refractivity contribution in [2.75, 3.05) is 5.43 Å². The van der Waals surface area contributed by atoms with Gasteiger partial charge in [-0.3, -0.25) is 0 Å². The third kappa shape index (κ3) is 2.83. The number of nitrogens with zero attached hydrogens (tertiary/aromatic N) is 2. The Kier molecular flexibility index (Phi) is 3.87. The lowest BCUT2D eigenvalue weighted by atomic mass is 10.1.